The Labute approximate surface area is 128 Å². The van der Waals surface area contributed by atoms with Crippen LogP contribution in [0.5, 0.6) is 0 Å². The van der Waals surface area contributed by atoms with E-state index in [0.29, 0.717) is 0 Å². The Morgan fingerprint density at radius 2 is 1.73 bits per heavy atom. The predicted molar refractivity (Wildman–Crippen MR) is 84.1 cm³/mol. The van der Waals surface area contributed by atoms with Gasteiger partial charge >= 0.3 is 0 Å². The SMILES string of the molecule is CC(=O)N[C@@H](C)C(=O)C(=O)NCc1cccc2ccccc12. The molecule has 0 spiro atoms. The lowest BCUT2D eigenvalue weighted by Crippen LogP contribution is -2.45. The van der Waals surface area contributed by atoms with Gasteiger partial charge < -0.3 is 10.6 Å². The fraction of sp³-hybridized carbons (Fsp3) is 0.235. The number of fused-ring (bicyclic) bond motifs is 1. The Hall–Kier alpha value is -2.69. The van der Waals surface area contributed by atoms with Crippen molar-refractivity contribution in [3.63, 3.8) is 0 Å². The molecule has 0 aliphatic rings. The third-order valence-corrected chi connectivity index (χ3v) is 3.36. The number of rotatable bonds is 5. The van der Waals surface area contributed by atoms with E-state index in [-0.39, 0.29) is 12.5 Å². The van der Waals surface area contributed by atoms with Crippen molar-refractivity contribution in [1.82, 2.24) is 10.6 Å². The van der Waals surface area contributed by atoms with E-state index in [9.17, 15) is 14.4 Å². The first-order valence-corrected chi connectivity index (χ1v) is 7.05. The van der Waals surface area contributed by atoms with Crippen LogP contribution < -0.4 is 10.6 Å². The van der Waals surface area contributed by atoms with Crippen molar-refractivity contribution in [3.8, 4) is 0 Å². The molecule has 0 unspecified atom stereocenters. The Bertz CT molecular complexity index is 719. The average molecular weight is 298 g/mol. The van der Waals surface area contributed by atoms with E-state index in [1.807, 2.05) is 42.5 Å². The highest BCUT2D eigenvalue weighted by Gasteiger charge is 2.21. The van der Waals surface area contributed by atoms with Crippen LogP contribution >= 0.6 is 0 Å². The standard InChI is InChI=1S/C17H18N2O3/c1-11(19-12(2)20)16(21)17(22)18-10-14-8-5-7-13-6-3-4-9-15(13)14/h3-9,11H,10H2,1-2H3,(H,18,22)(H,19,20)/t11-/m0/s1. The summed E-state index contributed by atoms with van der Waals surface area (Å²) >= 11 is 0. The Morgan fingerprint density at radius 3 is 2.45 bits per heavy atom. The molecule has 0 saturated carbocycles. The largest absolute Gasteiger partial charge is 0.346 e. The first-order valence-electron chi connectivity index (χ1n) is 7.05. The maximum atomic E-state index is 11.9. The number of carbonyl (C=O) groups excluding carboxylic acids is 3. The van der Waals surface area contributed by atoms with Crippen molar-refractivity contribution in [3.05, 3.63) is 48.0 Å². The van der Waals surface area contributed by atoms with Crippen LogP contribution in [0, 0.1) is 0 Å². The second kappa shape index (κ2) is 6.85. The fourth-order valence-corrected chi connectivity index (χ4v) is 2.28. The molecular weight excluding hydrogens is 280 g/mol. The highest BCUT2D eigenvalue weighted by atomic mass is 16.2. The van der Waals surface area contributed by atoms with Crippen LogP contribution in [-0.2, 0) is 20.9 Å². The van der Waals surface area contributed by atoms with E-state index in [1.165, 1.54) is 13.8 Å². The summed E-state index contributed by atoms with van der Waals surface area (Å²) < 4.78 is 0. The van der Waals surface area contributed by atoms with Crippen molar-refractivity contribution in [2.45, 2.75) is 26.4 Å². The van der Waals surface area contributed by atoms with E-state index < -0.39 is 17.7 Å². The van der Waals surface area contributed by atoms with Crippen LogP contribution in [0.15, 0.2) is 42.5 Å². The third kappa shape index (κ3) is 3.69. The molecule has 0 aliphatic carbocycles. The summed E-state index contributed by atoms with van der Waals surface area (Å²) in [6.45, 7) is 3.05. The molecule has 2 aromatic rings. The minimum Gasteiger partial charge on any atom is -0.346 e. The zero-order valence-electron chi connectivity index (χ0n) is 12.6. The number of carbonyl (C=O) groups is 3. The number of benzene rings is 2. The number of amides is 2. The fourth-order valence-electron chi connectivity index (χ4n) is 2.28. The maximum absolute atomic E-state index is 11.9. The summed E-state index contributed by atoms with van der Waals surface area (Å²) in [4.78, 5) is 34.6. The summed E-state index contributed by atoms with van der Waals surface area (Å²) in [5, 5.41) is 7.12. The lowest BCUT2D eigenvalue weighted by Gasteiger charge is -2.12. The van der Waals surface area contributed by atoms with Gasteiger partial charge in [-0.2, -0.15) is 0 Å². The van der Waals surface area contributed by atoms with Gasteiger partial charge in [0.15, 0.2) is 0 Å². The molecule has 0 saturated heterocycles. The molecule has 5 heteroatoms. The van der Waals surface area contributed by atoms with Gasteiger partial charge in [0.1, 0.15) is 0 Å². The predicted octanol–water partition coefficient (Wildman–Crippen LogP) is 1.55. The van der Waals surface area contributed by atoms with Gasteiger partial charge in [0.25, 0.3) is 5.91 Å². The van der Waals surface area contributed by atoms with Crippen molar-refractivity contribution in [2.24, 2.45) is 0 Å². The van der Waals surface area contributed by atoms with Gasteiger partial charge in [0.05, 0.1) is 6.04 Å². The van der Waals surface area contributed by atoms with E-state index in [0.717, 1.165) is 16.3 Å². The zero-order valence-corrected chi connectivity index (χ0v) is 12.6. The Balaban J connectivity index is 2.04. The molecule has 0 heterocycles. The van der Waals surface area contributed by atoms with Gasteiger partial charge in [0, 0.05) is 13.5 Å². The Morgan fingerprint density at radius 1 is 1.05 bits per heavy atom. The first kappa shape index (κ1) is 15.7. The van der Waals surface area contributed by atoms with Crippen LogP contribution in [0.25, 0.3) is 10.8 Å². The van der Waals surface area contributed by atoms with Crippen LogP contribution in [0.1, 0.15) is 19.4 Å². The molecule has 22 heavy (non-hydrogen) atoms. The number of hydrogen-bond acceptors (Lipinski definition) is 3. The lowest BCUT2D eigenvalue weighted by molar-refractivity contribution is -0.139. The minimum atomic E-state index is -0.829. The summed E-state index contributed by atoms with van der Waals surface area (Å²) in [5.41, 5.74) is 0.937. The number of ketones is 1. The quantitative estimate of drug-likeness (QED) is 0.822. The lowest BCUT2D eigenvalue weighted by atomic mass is 10.0. The molecule has 0 radical (unpaired) electrons. The summed E-state index contributed by atoms with van der Waals surface area (Å²) in [7, 11) is 0. The smallest absolute Gasteiger partial charge is 0.289 e. The second-order valence-corrected chi connectivity index (χ2v) is 5.11. The molecule has 0 bridgehead atoms. The van der Waals surface area contributed by atoms with Crippen LogP contribution in [0.2, 0.25) is 0 Å². The van der Waals surface area contributed by atoms with Gasteiger partial charge in [0.2, 0.25) is 11.7 Å². The normalized spacial score (nSPS) is 11.7. The molecule has 2 N–H and O–H groups in total. The molecule has 2 aromatic carbocycles. The topological polar surface area (TPSA) is 75.3 Å². The molecule has 2 rings (SSSR count). The Kier molecular flexibility index (Phi) is 4.88. The molecule has 2 amide bonds. The summed E-state index contributed by atoms with van der Waals surface area (Å²) in [5.74, 6) is -1.70. The average Bonchev–Trinajstić information content (AvgIpc) is 2.51. The molecular formula is C17H18N2O3. The summed E-state index contributed by atoms with van der Waals surface area (Å²) in [6, 6.07) is 12.8. The molecule has 0 aliphatic heterocycles. The third-order valence-electron chi connectivity index (χ3n) is 3.36. The molecule has 1 atom stereocenters. The maximum Gasteiger partial charge on any atom is 0.289 e. The molecule has 0 aromatic heterocycles. The van der Waals surface area contributed by atoms with Gasteiger partial charge in [-0.3, -0.25) is 14.4 Å². The van der Waals surface area contributed by atoms with Crippen molar-refractivity contribution in [1.29, 1.82) is 0 Å². The van der Waals surface area contributed by atoms with Gasteiger partial charge in [-0.1, -0.05) is 42.5 Å². The molecule has 114 valence electrons. The monoisotopic (exact) mass is 298 g/mol. The van der Waals surface area contributed by atoms with E-state index in [4.69, 9.17) is 0 Å². The van der Waals surface area contributed by atoms with Crippen molar-refractivity contribution < 1.29 is 14.4 Å². The van der Waals surface area contributed by atoms with Gasteiger partial charge in [-0.25, -0.2) is 0 Å². The van der Waals surface area contributed by atoms with E-state index in [1.54, 1.807) is 0 Å². The van der Waals surface area contributed by atoms with E-state index in [2.05, 4.69) is 10.6 Å². The highest BCUT2D eigenvalue weighted by molar-refractivity contribution is 6.38. The van der Waals surface area contributed by atoms with Gasteiger partial charge in [-0.05, 0) is 23.3 Å². The second-order valence-electron chi connectivity index (χ2n) is 5.11. The first-order chi connectivity index (χ1) is 10.5. The number of Topliss-reactive ketones (excluding diaryl/α,β-unsaturated/α-hetero) is 1. The molecule has 0 fully saturated rings. The van der Waals surface area contributed by atoms with Crippen LogP contribution in [0.3, 0.4) is 0 Å². The number of hydrogen-bond donors (Lipinski definition) is 2. The van der Waals surface area contributed by atoms with Gasteiger partial charge in [-0.15, -0.1) is 0 Å². The number of nitrogens with one attached hydrogen (secondary N) is 2. The minimum absolute atomic E-state index is 0.263. The van der Waals surface area contributed by atoms with Crippen LogP contribution in [0.4, 0.5) is 0 Å². The van der Waals surface area contributed by atoms with Crippen LogP contribution in [-0.4, -0.2) is 23.6 Å². The molecule has 5 nitrogen and oxygen atoms in total. The van der Waals surface area contributed by atoms with Crippen molar-refractivity contribution in [2.75, 3.05) is 0 Å². The van der Waals surface area contributed by atoms with Crippen molar-refractivity contribution >= 4 is 28.4 Å². The summed E-state index contributed by atoms with van der Waals surface area (Å²) in [6.07, 6.45) is 0. The zero-order chi connectivity index (χ0) is 16.1. The van der Waals surface area contributed by atoms with E-state index >= 15 is 0 Å². The highest BCUT2D eigenvalue weighted by Crippen LogP contribution is 2.18.